The van der Waals surface area contributed by atoms with Crippen LogP contribution in [0.25, 0.3) is 0 Å². The van der Waals surface area contributed by atoms with Gasteiger partial charge in [0.1, 0.15) is 12.4 Å². The molecule has 1 amide bonds. The lowest BCUT2D eigenvalue weighted by Crippen LogP contribution is -2.37. The first-order valence-corrected chi connectivity index (χ1v) is 10.9. The average Bonchev–Trinajstić information content (AvgIpc) is 2.82. The predicted molar refractivity (Wildman–Crippen MR) is 128 cm³/mol. The van der Waals surface area contributed by atoms with Crippen molar-refractivity contribution < 1.29 is 18.7 Å². The highest BCUT2D eigenvalue weighted by molar-refractivity contribution is 5.77. The molecule has 0 atom stereocenters. The van der Waals surface area contributed by atoms with Crippen LogP contribution >= 0.6 is 0 Å². The normalized spacial score (nSPS) is 10.8. The molecule has 0 saturated carbocycles. The summed E-state index contributed by atoms with van der Waals surface area (Å²) < 4.78 is 24.8. The maximum atomic E-state index is 13.4. The largest absolute Gasteiger partial charge is 0.493 e. The van der Waals surface area contributed by atoms with Gasteiger partial charge in [0.2, 0.25) is 5.91 Å². The van der Waals surface area contributed by atoms with E-state index in [1.165, 1.54) is 17.7 Å². The maximum Gasteiger partial charge on any atom is 0.236 e. The molecule has 0 aliphatic carbocycles. The van der Waals surface area contributed by atoms with E-state index in [-0.39, 0.29) is 18.3 Å². The van der Waals surface area contributed by atoms with Crippen molar-refractivity contribution in [3.63, 3.8) is 0 Å². The van der Waals surface area contributed by atoms with Gasteiger partial charge in [-0.05, 0) is 47.4 Å². The molecular weight excluding hydrogens is 419 g/mol. The van der Waals surface area contributed by atoms with E-state index in [0.717, 1.165) is 24.1 Å². The minimum Gasteiger partial charge on any atom is -0.493 e. The van der Waals surface area contributed by atoms with Crippen LogP contribution in [0, 0.1) is 5.82 Å². The van der Waals surface area contributed by atoms with Crippen LogP contribution in [0.1, 0.15) is 16.7 Å². The van der Waals surface area contributed by atoms with Crippen LogP contribution in [0.2, 0.25) is 0 Å². The van der Waals surface area contributed by atoms with Crippen LogP contribution in [0.3, 0.4) is 0 Å². The van der Waals surface area contributed by atoms with Gasteiger partial charge in [-0.3, -0.25) is 9.69 Å². The molecule has 3 aromatic rings. The van der Waals surface area contributed by atoms with Gasteiger partial charge < -0.3 is 14.4 Å². The highest BCUT2D eigenvalue weighted by atomic mass is 19.1. The first kappa shape index (κ1) is 24.3. The third-order valence-electron chi connectivity index (χ3n) is 5.33. The summed E-state index contributed by atoms with van der Waals surface area (Å²) in [6, 6.07) is 22.3. The second-order valence-electron chi connectivity index (χ2n) is 8.14. The zero-order valence-electron chi connectivity index (χ0n) is 19.5. The van der Waals surface area contributed by atoms with Gasteiger partial charge in [0, 0.05) is 27.2 Å². The molecule has 174 valence electrons. The van der Waals surface area contributed by atoms with E-state index in [1.807, 2.05) is 42.5 Å². The third kappa shape index (κ3) is 7.61. The van der Waals surface area contributed by atoms with Gasteiger partial charge in [-0.25, -0.2) is 4.39 Å². The fourth-order valence-corrected chi connectivity index (χ4v) is 3.45. The number of carbonyl (C=O) groups excluding carboxylic acids is 1. The Morgan fingerprint density at radius 3 is 2.33 bits per heavy atom. The smallest absolute Gasteiger partial charge is 0.236 e. The minimum atomic E-state index is -0.286. The van der Waals surface area contributed by atoms with Crippen LogP contribution in [-0.2, 0) is 24.4 Å². The molecule has 0 aliphatic heterocycles. The lowest BCUT2D eigenvalue weighted by molar-refractivity contribution is -0.130. The van der Waals surface area contributed by atoms with Gasteiger partial charge in [-0.15, -0.1) is 0 Å². The van der Waals surface area contributed by atoms with Crippen molar-refractivity contribution in [3.8, 4) is 11.5 Å². The fraction of sp³-hybridized carbons (Fsp3) is 0.296. The number of methoxy groups -OCH3 is 1. The molecule has 6 heteroatoms. The monoisotopic (exact) mass is 450 g/mol. The van der Waals surface area contributed by atoms with E-state index >= 15 is 0 Å². The summed E-state index contributed by atoms with van der Waals surface area (Å²) in [6.07, 6.45) is 0.758. The lowest BCUT2D eigenvalue weighted by atomic mass is 10.1. The second kappa shape index (κ2) is 12.0. The van der Waals surface area contributed by atoms with Crippen LogP contribution < -0.4 is 9.47 Å². The summed E-state index contributed by atoms with van der Waals surface area (Å²) in [5.41, 5.74) is 3.01. The number of amides is 1. The Labute approximate surface area is 195 Å². The van der Waals surface area contributed by atoms with Crippen molar-refractivity contribution in [3.05, 3.63) is 95.3 Å². The van der Waals surface area contributed by atoms with E-state index in [0.29, 0.717) is 24.6 Å². The van der Waals surface area contributed by atoms with Gasteiger partial charge in [-0.2, -0.15) is 0 Å². The Morgan fingerprint density at radius 2 is 1.64 bits per heavy atom. The van der Waals surface area contributed by atoms with E-state index in [9.17, 15) is 9.18 Å². The molecule has 3 aromatic carbocycles. The van der Waals surface area contributed by atoms with Crippen LogP contribution in [0.4, 0.5) is 4.39 Å². The fourth-order valence-electron chi connectivity index (χ4n) is 3.45. The Balaban J connectivity index is 1.65. The van der Waals surface area contributed by atoms with Crippen molar-refractivity contribution in [2.75, 3.05) is 34.3 Å². The summed E-state index contributed by atoms with van der Waals surface area (Å²) in [5.74, 6) is 1.02. The first-order chi connectivity index (χ1) is 15.9. The number of carbonyl (C=O) groups is 1. The van der Waals surface area contributed by atoms with Crippen molar-refractivity contribution >= 4 is 5.91 Å². The quantitative estimate of drug-likeness (QED) is 0.430. The van der Waals surface area contributed by atoms with E-state index in [2.05, 4.69) is 17.0 Å². The van der Waals surface area contributed by atoms with Gasteiger partial charge in [0.25, 0.3) is 0 Å². The summed E-state index contributed by atoms with van der Waals surface area (Å²) in [5, 5.41) is 0. The summed E-state index contributed by atoms with van der Waals surface area (Å²) in [7, 11) is 5.15. The minimum absolute atomic E-state index is 0.0737. The molecule has 0 heterocycles. The molecule has 0 saturated heterocycles. The number of hydrogen-bond acceptors (Lipinski definition) is 4. The molecule has 0 unspecified atom stereocenters. The van der Waals surface area contributed by atoms with Crippen LogP contribution in [0.5, 0.6) is 11.5 Å². The number of halogens is 1. The highest BCUT2D eigenvalue weighted by Gasteiger charge is 2.14. The molecule has 0 bridgehead atoms. The molecule has 0 N–H and O–H groups in total. The number of nitrogens with zero attached hydrogens (tertiary/aromatic N) is 2. The SMILES string of the molecule is COc1cc(CCN(CC(=O)N(C)C)Cc2ccccc2)ccc1OCc1cccc(F)c1. The molecule has 0 aromatic heterocycles. The Hall–Kier alpha value is -3.38. The Bertz CT molecular complexity index is 1040. The van der Waals surface area contributed by atoms with Gasteiger partial charge in [0.05, 0.1) is 13.7 Å². The molecule has 0 spiro atoms. The third-order valence-corrected chi connectivity index (χ3v) is 5.33. The highest BCUT2D eigenvalue weighted by Crippen LogP contribution is 2.29. The molecule has 3 rings (SSSR count). The summed E-state index contributed by atoms with van der Waals surface area (Å²) >= 11 is 0. The van der Waals surface area contributed by atoms with Crippen molar-refractivity contribution in [2.24, 2.45) is 0 Å². The molecule has 0 radical (unpaired) electrons. The number of ether oxygens (including phenoxy) is 2. The second-order valence-corrected chi connectivity index (χ2v) is 8.14. The van der Waals surface area contributed by atoms with E-state index < -0.39 is 0 Å². The summed E-state index contributed by atoms with van der Waals surface area (Å²) in [6.45, 7) is 2.03. The predicted octanol–water partition coefficient (Wildman–Crippen LogP) is 4.55. The molecule has 0 fully saturated rings. The zero-order valence-corrected chi connectivity index (χ0v) is 19.5. The molecule has 33 heavy (non-hydrogen) atoms. The topological polar surface area (TPSA) is 42.0 Å². The van der Waals surface area contributed by atoms with Crippen LogP contribution in [-0.4, -0.2) is 50.0 Å². The van der Waals surface area contributed by atoms with Gasteiger partial charge in [-0.1, -0.05) is 48.5 Å². The molecular formula is C27H31FN2O3. The van der Waals surface area contributed by atoms with E-state index in [4.69, 9.17) is 9.47 Å². The van der Waals surface area contributed by atoms with Crippen molar-refractivity contribution in [1.29, 1.82) is 0 Å². The first-order valence-electron chi connectivity index (χ1n) is 10.9. The maximum absolute atomic E-state index is 13.4. The zero-order chi connectivity index (χ0) is 23.6. The standard InChI is InChI=1S/C27H31FN2O3/c1-29(2)27(31)19-30(18-22-8-5-4-6-9-22)15-14-21-12-13-25(26(17-21)32-3)33-20-23-10-7-11-24(28)16-23/h4-13,16-17H,14-15,18-20H2,1-3H3. The number of rotatable bonds is 11. The Morgan fingerprint density at radius 1 is 0.879 bits per heavy atom. The number of hydrogen-bond donors (Lipinski definition) is 0. The lowest BCUT2D eigenvalue weighted by Gasteiger charge is -2.24. The van der Waals surface area contributed by atoms with E-state index in [1.54, 1.807) is 32.2 Å². The van der Waals surface area contributed by atoms with Gasteiger partial charge >= 0.3 is 0 Å². The Kier molecular flexibility index (Phi) is 8.84. The number of likely N-dealkylation sites (N-methyl/N-ethyl adjacent to an activating group) is 1. The number of benzene rings is 3. The molecule has 5 nitrogen and oxygen atoms in total. The van der Waals surface area contributed by atoms with Crippen molar-refractivity contribution in [2.45, 2.75) is 19.6 Å². The molecule has 0 aliphatic rings. The van der Waals surface area contributed by atoms with Gasteiger partial charge in [0.15, 0.2) is 11.5 Å². The average molecular weight is 451 g/mol. The summed E-state index contributed by atoms with van der Waals surface area (Å²) in [4.78, 5) is 16.1. The van der Waals surface area contributed by atoms with Crippen molar-refractivity contribution in [1.82, 2.24) is 9.80 Å². The van der Waals surface area contributed by atoms with Crippen LogP contribution in [0.15, 0.2) is 72.8 Å².